The van der Waals surface area contributed by atoms with Gasteiger partial charge in [0.1, 0.15) is 0 Å². The number of nitrogens with two attached hydrogens (primary N) is 1. The van der Waals surface area contributed by atoms with Crippen molar-refractivity contribution < 1.29 is 9.84 Å². The lowest BCUT2D eigenvalue weighted by Crippen LogP contribution is -2.14. The van der Waals surface area contributed by atoms with Crippen LogP contribution >= 0.6 is 15.9 Å². The summed E-state index contributed by atoms with van der Waals surface area (Å²) in [4.78, 5) is 0. The lowest BCUT2D eigenvalue weighted by atomic mass is 10.2. The Morgan fingerprint density at radius 2 is 2.21 bits per heavy atom. The zero-order chi connectivity index (χ0) is 13.4. The Bertz CT molecular complexity index is 776. The van der Waals surface area contributed by atoms with E-state index in [4.69, 9.17) is 5.73 Å². The standard InChI is InChI=1S/C11H8BrN5O2/c12-7-2-1-6-3-4-17(8(6)5-7)11(14-18)9-10(13)16-19-15-9/h1-5,18H,(H2,13,16)/b14-11-. The molecular formula is C11H8BrN5O2. The molecule has 0 radical (unpaired) electrons. The van der Waals surface area contributed by atoms with Crippen LogP contribution in [-0.4, -0.2) is 25.9 Å². The number of rotatable bonds is 1. The van der Waals surface area contributed by atoms with Gasteiger partial charge in [-0.25, -0.2) is 4.63 Å². The number of aromatic nitrogens is 3. The van der Waals surface area contributed by atoms with Crippen LogP contribution in [0.3, 0.4) is 0 Å². The molecular weight excluding hydrogens is 314 g/mol. The van der Waals surface area contributed by atoms with Gasteiger partial charge in [0, 0.05) is 16.1 Å². The number of nitrogens with zero attached hydrogens (tertiary/aromatic N) is 4. The molecule has 0 fully saturated rings. The predicted molar refractivity (Wildman–Crippen MR) is 72.1 cm³/mol. The lowest BCUT2D eigenvalue weighted by Gasteiger charge is -2.05. The molecule has 0 unspecified atom stereocenters. The molecule has 3 N–H and O–H groups in total. The van der Waals surface area contributed by atoms with Crippen LogP contribution in [0.25, 0.3) is 10.9 Å². The van der Waals surface area contributed by atoms with Crippen LogP contribution in [0.1, 0.15) is 5.69 Å². The summed E-state index contributed by atoms with van der Waals surface area (Å²) in [5.41, 5.74) is 6.63. The molecule has 1 aromatic carbocycles. The van der Waals surface area contributed by atoms with Gasteiger partial charge in [0.2, 0.25) is 5.84 Å². The first-order valence-electron chi connectivity index (χ1n) is 5.28. The Morgan fingerprint density at radius 1 is 1.37 bits per heavy atom. The molecule has 0 aliphatic heterocycles. The summed E-state index contributed by atoms with van der Waals surface area (Å²) in [5, 5.41) is 20.5. The number of fused-ring (bicyclic) bond motifs is 1. The number of anilines is 1. The summed E-state index contributed by atoms with van der Waals surface area (Å²) in [6, 6.07) is 7.64. The second-order valence-corrected chi connectivity index (χ2v) is 4.73. The van der Waals surface area contributed by atoms with E-state index in [0.717, 1.165) is 15.4 Å². The van der Waals surface area contributed by atoms with Crippen LogP contribution in [0.4, 0.5) is 5.82 Å². The molecule has 96 valence electrons. The minimum absolute atomic E-state index is 0.0599. The Labute approximate surface area is 115 Å². The van der Waals surface area contributed by atoms with E-state index < -0.39 is 0 Å². The smallest absolute Gasteiger partial charge is 0.210 e. The molecule has 0 amide bonds. The highest BCUT2D eigenvalue weighted by atomic mass is 79.9. The Morgan fingerprint density at radius 3 is 2.89 bits per heavy atom. The summed E-state index contributed by atoms with van der Waals surface area (Å²) >= 11 is 3.40. The van der Waals surface area contributed by atoms with Gasteiger partial charge in [0.05, 0.1) is 5.52 Å². The highest BCUT2D eigenvalue weighted by Crippen LogP contribution is 2.22. The number of benzene rings is 1. The van der Waals surface area contributed by atoms with E-state index in [9.17, 15) is 5.21 Å². The maximum Gasteiger partial charge on any atom is 0.210 e. The summed E-state index contributed by atoms with van der Waals surface area (Å²) in [7, 11) is 0. The van der Waals surface area contributed by atoms with Crippen molar-refractivity contribution in [2.75, 3.05) is 5.73 Å². The van der Waals surface area contributed by atoms with E-state index in [1.807, 2.05) is 24.3 Å². The quantitative estimate of drug-likeness (QED) is 0.309. The van der Waals surface area contributed by atoms with Crippen LogP contribution < -0.4 is 5.73 Å². The van der Waals surface area contributed by atoms with Crippen LogP contribution in [-0.2, 0) is 0 Å². The van der Waals surface area contributed by atoms with Gasteiger partial charge in [-0.15, -0.1) is 0 Å². The fourth-order valence-corrected chi connectivity index (χ4v) is 2.20. The number of nitrogen functional groups attached to an aromatic ring is 1. The third kappa shape index (κ3) is 1.85. The predicted octanol–water partition coefficient (Wildman–Crippen LogP) is 2.05. The van der Waals surface area contributed by atoms with Crippen molar-refractivity contribution in [2.24, 2.45) is 5.16 Å². The molecule has 19 heavy (non-hydrogen) atoms. The van der Waals surface area contributed by atoms with Gasteiger partial charge in [-0.1, -0.05) is 27.2 Å². The number of hydrogen-bond donors (Lipinski definition) is 2. The van der Waals surface area contributed by atoms with Gasteiger partial charge in [-0.05, 0) is 28.5 Å². The van der Waals surface area contributed by atoms with Crippen molar-refractivity contribution in [2.45, 2.75) is 0 Å². The molecule has 3 aromatic rings. The maximum atomic E-state index is 9.21. The minimum Gasteiger partial charge on any atom is -0.409 e. The molecule has 8 heteroatoms. The summed E-state index contributed by atoms with van der Waals surface area (Å²) in [6.07, 6.45) is 1.75. The zero-order valence-corrected chi connectivity index (χ0v) is 11.1. The molecule has 2 aromatic heterocycles. The Hall–Kier alpha value is -2.35. The van der Waals surface area contributed by atoms with Crippen molar-refractivity contribution in [3.8, 4) is 0 Å². The summed E-state index contributed by atoms with van der Waals surface area (Å²) in [6.45, 7) is 0. The molecule has 0 saturated heterocycles. The van der Waals surface area contributed by atoms with Crippen LogP contribution in [0.15, 0.2) is 44.7 Å². The number of hydrogen-bond acceptors (Lipinski definition) is 6. The average Bonchev–Trinajstić information content (AvgIpc) is 2.99. The van der Waals surface area contributed by atoms with Gasteiger partial charge in [-0.3, -0.25) is 4.57 Å². The third-order valence-corrected chi connectivity index (χ3v) is 3.20. The normalized spacial score (nSPS) is 12.2. The van der Waals surface area contributed by atoms with Crippen molar-refractivity contribution >= 4 is 38.5 Å². The second-order valence-electron chi connectivity index (χ2n) is 3.81. The zero-order valence-electron chi connectivity index (χ0n) is 9.49. The highest BCUT2D eigenvalue weighted by Gasteiger charge is 2.18. The van der Waals surface area contributed by atoms with E-state index >= 15 is 0 Å². The first-order valence-corrected chi connectivity index (χ1v) is 6.07. The molecule has 2 heterocycles. The van der Waals surface area contributed by atoms with Crippen LogP contribution in [0.5, 0.6) is 0 Å². The van der Waals surface area contributed by atoms with E-state index in [0.29, 0.717) is 0 Å². The minimum atomic E-state index is 0.0599. The molecule has 0 bridgehead atoms. The lowest BCUT2D eigenvalue weighted by molar-refractivity contribution is 0.304. The van der Waals surface area contributed by atoms with Crippen molar-refractivity contribution in [3.63, 3.8) is 0 Å². The fraction of sp³-hybridized carbons (Fsp3) is 0. The monoisotopic (exact) mass is 321 g/mol. The molecule has 3 rings (SSSR count). The summed E-state index contributed by atoms with van der Waals surface area (Å²) in [5.74, 6) is 0.205. The van der Waals surface area contributed by atoms with Crippen molar-refractivity contribution in [3.05, 3.63) is 40.6 Å². The molecule has 0 atom stereocenters. The Balaban J connectivity index is 2.23. The molecule has 0 aliphatic rings. The van der Waals surface area contributed by atoms with Gasteiger partial charge in [0.15, 0.2) is 11.5 Å². The van der Waals surface area contributed by atoms with Gasteiger partial charge < -0.3 is 10.9 Å². The van der Waals surface area contributed by atoms with Crippen molar-refractivity contribution in [1.82, 2.24) is 14.9 Å². The van der Waals surface area contributed by atoms with E-state index in [-0.39, 0.29) is 17.3 Å². The molecule has 0 aliphatic carbocycles. The van der Waals surface area contributed by atoms with E-state index in [1.165, 1.54) is 0 Å². The van der Waals surface area contributed by atoms with Crippen molar-refractivity contribution in [1.29, 1.82) is 0 Å². The van der Waals surface area contributed by atoms with Gasteiger partial charge in [-0.2, -0.15) is 0 Å². The third-order valence-electron chi connectivity index (χ3n) is 2.70. The van der Waals surface area contributed by atoms with Crippen LogP contribution in [0.2, 0.25) is 0 Å². The van der Waals surface area contributed by atoms with E-state index in [1.54, 1.807) is 10.8 Å². The van der Waals surface area contributed by atoms with Gasteiger partial charge in [0.25, 0.3) is 0 Å². The number of oxime groups is 1. The van der Waals surface area contributed by atoms with E-state index in [2.05, 4.69) is 36.0 Å². The second kappa shape index (κ2) is 4.39. The van der Waals surface area contributed by atoms with Gasteiger partial charge >= 0.3 is 0 Å². The Kier molecular flexibility index (Phi) is 2.71. The SMILES string of the molecule is Nc1nonc1/C(=N/O)n1ccc2ccc(Br)cc21. The average molecular weight is 322 g/mol. The van der Waals surface area contributed by atoms with Crippen LogP contribution in [0, 0.1) is 0 Å². The molecule has 7 nitrogen and oxygen atoms in total. The first-order chi connectivity index (χ1) is 9.20. The topological polar surface area (TPSA) is 102 Å². The largest absolute Gasteiger partial charge is 0.409 e. The first kappa shape index (κ1) is 11.7. The molecule has 0 saturated carbocycles. The molecule has 0 spiro atoms. The maximum absolute atomic E-state index is 9.21. The number of halogens is 1. The summed E-state index contributed by atoms with van der Waals surface area (Å²) < 4.78 is 7.08. The fourth-order valence-electron chi connectivity index (χ4n) is 1.85. The highest BCUT2D eigenvalue weighted by molar-refractivity contribution is 9.10.